The number of aromatic amines is 1. The molecular formula is C19H23N5O3. The Hall–Kier alpha value is -2.90. The highest BCUT2D eigenvalue weighted by atomic mass is 16.5. The Morgan fingerprint density at radius 3 is 2.93 bits per heavy atom. The fraction of sp³-hybridized carbons (Fsp3) is 0.474. The van der Waals surface area contributed by atoms with E-state index in [9.17, 15) is 9.59 Å². The van der Waals surface area contributed by atoms with E-state index in [0.29, 0.717) is 30.5 Å². The van der Waals surface area contributed by atoms with Crippen LogP contribution in [0.4, 0.5) is 11.6 Å². The molecule has 1 aliphatic heterocycles. The lowest BCUT2D eigenvalue weighted by Gasteiger charge is -2.22. The number of hydrogen-bond acceptors (Lipinski definition) is 5. The SMILES string of the molecule is CCOc1ccccc1N1CC(C(=O)Nc2n[nH]c(C3CCC3)n2)CC1=O. The topological polar surface area (TPSA) is 100 Å². The molecule has 2 aliphatic rings. The van der Waals surface area contributed by atoms with Crippen molar-refractivity contribution in [1.29, 1.82) is 0 Å². The molecule has 1 aliphatic carbocycles. The van der Waals surface area contributed by atoms with E-state index >= 15 is 0 Å². The van der Waals surface area contributed by atoms with E-state index in [1.54, 1.807) is 4.90 Å². The standard InChI is InChI=1S/C19H23N5O3/c1-2-27-15-9-4-3-8-14(15)24-11-13(10-16(24)25)18(26)21-19-20-17(22-23-19)12-6-5-7-12/h3-4,8-9,12-13H,2,5-7,10-11H2,1H3,(H2,20,21,22,23,26). The van der Waals surface area contributed by atoms with Crippen LogP contribution in [0.3, 0.4) is 0 Å². The van der Waals surface area contributed by atoms with E-state index in [1.165, 1.54) is 6.42 Å². The molecule has 2 N–H and O–H groups in total. The predicted molar refractivity (Wildman–Crippen MR) is 99.7 cm³/mol. The van der Waals surface area contributed by atoms with Crippen molar-refractivity contribution in [2.45, 2.75) is 38.5 Å². The summed E-state index contributed by atoms with van der Waals surface area (Å²) in [4.78, 5) is 31.1. The van der Waals surface area contributed by atoms with Crippen molar-refractivity contribution in [3.63, 3.8) is 0 Å². The fourth-order valence-corrected chi connectivity index (χ4v) is 3.48. The lowest BCUT2D eigenvalue weighted by atomic mass is 9.85. The van der Waals surface area contributed by atoms with Gasteiger partial charge in [0.15, 0.2) is 0 Å². The summed E-state index contributed by atoms with van der Waals surface area (Å²) in [5.74, 6) is 1.40. The van der Waals surface area contributed by atoms with Crippen LogP contribution >= 0.6 is 0 Å². The second-order valence-corrected chi connectivity index (χ2v) is 6.97. The smallest absolute Gasteiger partial charge is 0.248 e. The lowest BCUT2D eigenvalue weighted by molar-refractivity contribution is -0.122. The van der Waals surface area contributed by atoms with Gasteiger partial charge in [-0.2, -0.15) is 4.98 Å². The number of carbonyl (C=O) groups is 2. The van der Waals surface area contributed by atoms with Gasteiger partial charge in [-0.25, -0.2) is 0 Å². The van der Waals surface area contributed by atoms with Crippen LogP contribution in [0.15, 0.2) is 24.3 Å². The van der Waals surface area contributed by atoms with Crippen LogP contribution in [-0.4, -0.2) is 40.1 Å². The van der Waals surface area contributed by atoms with Gasteiger partial charge >= 0.3 is 0 Å². The number of hydrogen-bond donors (Lipinski definition) is 2. The minimum atomic E-state index is -0.446. The third-order valence-corrected chi connectivity index (χ3v) is 5.18. The van der Waals surface area contributed by atoms with E-state index in [4.69, 9.17) is 4.74 Å². The Balaban J connectivity index is 1.42. The monoisotopic (exact) mass is 369 g/mol. The van der Waals surface area contributed by atoms with Gasteiger partial charge in [0.2, 0.25) is 17.8 Å². The first-order valence-electron chi connectivity index (χ1n) is 9.41. The zero-order valence-electron chi connectivity index (χ0n) is 15.3. The van der Waals surface area contributed by atoms with Crippen LogP contribution < -0.4 is 15.0 Å². The van der Waals surface area contributed by atoms with E-state index in [1.807, 2.05) is 31.2 Å². The fourth-order valence-electron chi connectivity index (χ4n) is 3.48. The summed E-state index contributed by atoms with van der Waals surface area (Å²) in [6.07, 6.45) is 3.57. The van der Waals surface area contributed by atoms with E-state index in [-0.39, 0.29) is 24.2 Å². The zero-order chi connectivity index (χ0) is 18.8. The van der Waals surface area contributed by atoms with Gasteiger partial charge < -0.3 is 9.64 Å². The third kappa shape index (κ3) is 3.51. The maximum atomic E-state index is 12.6. The van der Waals surface area contributed by atoms with Crippen LogP contribution in [0.25, 0.3) is 0 Å². The molecule has 0 bridgehead atoms. The van der Waals surface area contributed by atoms with Crippen molar-refractivity contribution < 1.29 is 14.3 Å². The Kier molecular flexibility index (Phi) is 4.79. The minimum Gasteiger partial charge on any atom is -0.492 e. The summed E-state index contributed by atoms with van der Waals surface area (Å²) in [6.45, 7) is 2.72. The summed E-state index contributed by atoms with van der Waals surface area (Å²) in [5, 5.41) is 9.71. The van der Waals surface area contributed by atoms with Gasteiger partial charge in [0.1, 0.15) is 11.6 Å². The van der Waals surface area contributed by atoms with Crippen LogP contribution in [0.1, 0.15) is 44.3 Å². The molecule has 8 nitrogen and oxygen atoms in total. The van der Waals surface area contributed by atoms with Crippen LogP contribution in [0, 0.1) is 5.92 Å². The first kappa shape index (κ1) is 17.5. The number of nitrogens with one attached hydrogen (secondary N) is 2. The van der Waals surface area contributed by atoms with Gasteiger partial charge in [-0.15, -0.1) is 5.10 Å². The molecule has 1 aromatic carbocycles. The number of nitrogens with zero attached hydrogens (tertiary/aromatic N) is 3. The number of anilines is 2. The van der Waals surface area contributed by atoms with Gasteiger partial charge in [-0.1, -0.05) is 18.6 Å². The number of rotatable bonds is 6. The molecule has 8 heteroatoms. The Labute approximate surface area is 157 Å². The quantitative estimate of drug-likeness (QED) is 0.815. The molecule has 1 aromatic heterocycles. The van der Waals surface area contributed by atoms with E-state index in [0.717, 1.165) is 18.7 Å². The molecule has 1 saturated heterocycles. The number of para-hydroxylation sites is 2. The molecule has 0 radical (unpaired) electrons. The van der Waals surface area contributed by atoms with Gasteiger partial charge in [-0.05, 0) is 31.9 Å². The normalized spacial score (nSPS) is 19.8. The van der Waals surface area contributed by atoms with Crippen molar-refractivity contribution in [3.8, 4) is 5.75 Å². The van der Waals surface area contributed by atoms with Gasteiger partial charge in [-0.3, -0.25) is 20.0 Å². The van der Waals surface area contributed by atoms with E-state index in [2.05, 4.69) is 20.5 Å². The number of aromatic nitrogens is 3. The van der Waals surface area contributed by atoms with Crippen molar-refractivity contribution in [2.24, 2.45) is 5.92 Å². The average molecular weight is 369 g/mol. The lowest BCUT2D eigenvalue weighted by Crippen LogP contribution is -2.28. The molecule has 142 valence electrons. The summed E-state index contributed by atoms with van der Waals surface area (Å²) in [6, 6.07) is 7.38. The molecule has 2 amide bonds. The zero-order valence-corrected chi connectivity index (χ0v) is 15.3. The Morgan fingerprint density at radius 1 is 1.37 bits per heavy atom. The molecule has 27 heavy (non-hydrogen) atoms. The number of benzene rings is 1. The van der Waals surface area contributed by atoms with Crippen molar-refractivity contribution in [2.75, 3.05) is 23.4 Å². The second-order valence-electron chi connectivity index (χ2n) is 6.97. The summed E-state index contributed by atoms with van der Waals surface area (Å²) < 4.78 is 5.61. The van der Waals surface area contributed by atoms with Gasteiger partial charge in [0, 0.05) is 18.9 Å². The molecule has 4 rings (SSSR count). The van der Waals surface area contributed by atoms with Gasteiger partial charge in [0.05, 0.1) is 18.2 Å². The second kappa shape index (κ2) is 7.38. The van der Waals surface area contributed by atoms with Crippen LogP contribution in [0.2, 0.25) is 0 Å². The molecule has 1 unspecified atom stereocenters. The van der Waals surface area contributed by atoms with Crippen molar-refractivity contribution >= 4 is 23.5 Å². The highest BCUT2D eigenvalue weighted by Gasteiger charge is 2.36. The van der Waals surface area contributed by atoms with Crippen LogP contribution in [-0.2, 0) is 9.59 Å². The largest absolute Gasteiger partial charge is 0.492 e. The van der Waals surface area contributed by atoms with E-state index < -0.39 is 5.92 Å². The Bertz CT molecular complexity index is 845. The molecule has 2 heterocycles. The summed E-state index contributed by atoms with van der Waals surface area (Å²) >= 11 is 0. The predicted octanol–water partition coefficient (Wildman–Crippen LogP) is 2.46. The summed E-state index contributed by atoms with van der Waals surface area (Å²) in [5.41, 5.74) is 0.699. The first-order chi connectivity index (χ1) is 13.2. The Morgan fingerprint density at radius 2 is 2.19 bits per heavy atom. The van der Waals surface area contributed by atoms with Crippen molar-refractivity contribution in [3.05, 3.63) is 30.1 Å². The minimum absolute atomic E-state index is 0.0903. The molecule has 2 aromatic rings. The number of H-pyrrole nitrogens is 1. The average Bonchev–Trinajstić information content (AvgIpc) is 3.21. The number of ether oxygens (including phenoxy) is 1. The van der Waals surface area contributed by atoms with Crippen LogP contribution in [0.5, 0.6) is 5.75 Å². The number of amides is 2. The maximum absolute atomic E-state index is 12.6. The highest BCUT2D eigenvalue weighted by Crippen LogP contribution is 2.35. The first-order valence-corrected chi connectivity index (χ1v) is 9.41. The molecule has 1 atom stereocenters. The highest BCUT2D eigenvalue weighted by molar-refractivity contribution is 6.03. The molecular weight excluding hydrogens is 346 g/mol. The third-order valence-electron chi connectivity index (χ3n) is 5.18. The molecule has 2 fully saturated rings. The molecule has 0 spiro atoms. The van der Waals surface area contributed by atoms with Crippen molar-refractivity contribution in [1.82, 2.24) is 15.2 Å². The van der Waals surface area contributed by atoms with Gasteiger partial charge in [0.25, 0.3) is 0 Å². The molecule has 1 saturated carbocycles. The summed E-state index contributed by atoms with van der Waals surface area (Å²) in [7, 11) is 0. The maximum Gasteiger partial charge on any atom is 0.248 e. The number of carbonyl (C=O) groups excluding carboxylic acids is 2.